The van der Waals surface area contributed by atoms with Gasteiger partial charge >= 0.3 is 0 Å². The lowest BCUT2D eigenvalue weighted by atomic mass is 10.3. The molecule has 0 atom stereocenters. The van der Waals surface area contributed by atoms with E-state index < -0.39 is 0 Å². The molecule has 1 aromatic heterocycles. The highest BCUT2D eigenvalue weighted by atomic mass is 16.5. The van der Waals surface area contributed by atoms with E-state index in [4.69, 9.17) is 4.74 Å². The molecule has 2 heterocycles. The first-order valence-corrected chi connectivity index (χ1v) is 7.86. The molecule has 1 N–H and O–H groups in total. The minimum Gasteiger partial charge on any atom is -0.374 e. The van der Waals surface area contributed by atoms with E-state index in [1.807, 2.05) is 6.92 Å². The van der Waals surface area contributed by atoms with Crippen LogP contribution in [-0.4, -0.2) is 61.2 Å². The van der Waals surface area contributed by atoms with Crippen LogP contribution in [0.1, 0.15) is 26.1 Å². The van der Waals surface area contributed by atoms with Crippen LogP contribution in [0.15, 0.2) is 6.07 Å². The van der Waals surface area contributed by atoms with E-state index in [1.165, 1.54) is 0 Å². The fourth-order valence-corrected chi connectivity index (χ4v) is 2.28. The zero-order valence-electron chi connectivity index (χ0n) is 13.4. The normalized spacial score (nSPS) is 16.2. The first kappa shape index (κ1) is 16.0. The van der Waals surface area contributed by atoms with Gasteiger partial charge < -0.3 is 19.9 Å². The van der Waals surface area contributed by atoms with Crippen LogP contribution in [0.5, 0.6) is 0 Å². The Kier molecular flexibility index (Phi) is 6.20. The van der Waals surface area contributed by atoms with Crippen LogP contribution in [0.3, 0.4) is 0 Å². The van der Waals surface area contributed by atoms with Crippen LogP contribution in [0, 0.1) is 0 Å². The van der Waals surface area contributed by atoms with Crippen LogP contribution < -0.4 is 10.2 Å². The Morgan fingerprint density at radius 2 is 1.95 bits per heavy atom. The summed E-state index contributed by atoms with van der Waals surface area (Å²) in [6, 6.07) is 2.05. The first-order valence-electron chi connectivity index (χ1n) is 7.86. The number of hydrogen-bond donors (Lipinski definition) is 1. The molecule has 21 heavy (non-hydrogen) atoms. The number of anilines is 2. The molecule has 1 saturated heterocycles. The molecule has 2 rings (SSSR count). The van der Waals surface area contributed by atoms with E-state index in [0.717, 1.165) is 56.6 Å². The monoisotopic (exact) mass is 293 g/mol. The van der Waals surface area contributed by atoms with Crippen molar-refractivity contribution in [3.8, 4) is 0 Å². The van der Waals surface area contributed by atoms with E-state index in [-0.39, 0.29) is 0 Å². The summed E-state index contributed by atoms with van der Waals surface area (Å²) in [6.45, 7) is 10.4. The van der Waals surface area contributed by atoms with Crippen molar-refractivity contribution in [2.45, 2.75) is 26.9 Å². The van der Waals surface area contributed by atoms with Crippen molar-refractivity contribution in [2.75, 3.05) is 56.6 Å². The maximum atomic E-state index is 5.46. The van der Waals surface area contributed by atoms with E-state index in [0.29, 0.717) is 13.2 Å². The van der Waals surface area contributed by atoms with Gasteiger partial charge in [0.05, 0.1) is 0 Å². The molecule has 0 spiro atoms. The minimum absolute atomic E-state index is 0.471. The third-order valence-electron chi connectivity index (χ3n) is 3.58. The number of aromatic nitrogens is 2. The lowest BCUT2D eigenvalue weighted by molar-refractivity contribution is 0.128. The van der Waals surface area contributed by atoms with Crippen molar-refractivity contribution in [3.05, 3.63) is 11.9 Å². The summed E-state index contributed by atoms with van der Waals surface area (Å²) in [5.74, 6) is 2.66. The van der Waals surface area contributed by atoms with Crippen LogP contribution in [0.4, 0.5) is 11.6 Å². The van der Waals surface area contributed by atoms with Crippen LogP contribution in [-0.2, 0) is 11.3 Å². The molecule has 1 aliphatic heterocycles. The molecule has 0 saturated carbocycles. The summed E-state index contributed by atoms with van der Waals surface area (Å²) in [6.07, 6.45) is 1.08. The molecule has 0 bridgehead atoms. The number of piperazine rings is 1. The van der Waals surface area contributed by atoms with Crippen molar-refractivity contribution in [3.63, 3.8) is 0 Å². The van der Waals surface area contributed by atoms with Crippen molar-refractivity contribution < 1.29 is 4.74 Å². The largest absolute Gasteiger partial charge is 0.374 e. The number of hydrogen-bond acceptors (Lipinski definition) is 6. The Morgan fingerprint density at radius 3 is 2.62 bits per heavy atom. The zero-order valence-corrected chi connectivity index (χ0v) is 13.4. The smallest absolute Gasteiger partial charge is 0.158 e. The molecule has 0 radical (unpaired) electrons. The van der Waals surface area contributed by atoms with E-state index in [1.54, 1.807) is 0 Å². The fourth-order valence-electron chi connectivity index (χ4n) is 2.28. The minimum atomic E-state index is 0.471. The maximum Gasteiger partial charge on any atom is 0.158 e. The fraction of sp³-hybridized carbons (Fsp3) is 0.733. The van der Waals surface area contributed by atoms with Gasteiger partial charge in [-0.2, -0.15) is 0 Å². The molecule has 1 aliphatic rings. The van der Waals surface area contributed by atoms with Crippen LogP contribution >= 0.6 is 0 Å². The summed E-state index contributed by atoms with van der Waals surface area (Å²) in [7, 11) is 2.16. The Labute approximate surface area is 127 Å². The van der Waals surface area contributed by atoms with Gasteiger partial charge in [-0.1, -0.05) is 6.92 Å². The lowest BCUT2D eigenvalue weighted by Crippen LogP contribution is -2.45. The Bertz CT molecular complexity index is 406. The van der Waals surface area contributed by atoms with E-state index in [9.17, 15) is 0 Å². The van der Waals surface area contributed by atoms with E-state index in [2.05, 4.69) is 45.1 Å². The predicted octanol–water partition coefficient (Wildman–Crippen LogP) is 1.59. The number of ether oxygens (including phenoxy) is 1. The van der Waals surface area contributed by atoms with Crippen LogP contribution in [0.2, 0.25) is 0 Å². The van der Waals surface area contributed by atoms with Gasteiger partial charge in [0.2, 0.25) is 0 Å². The van der Waals surface area contributed by atoms with Crippen LogP contribution in [0.25, 0.3) is 0 Å². The van der Waals surface area contributed by atoms with Crippen molar-refractivity contribution in [2.24, 2.45) is 0 Å². The van der Waals surface area contributed by atoms with Gasteiger partial charge in [-0.25, -0.2) is 9.97 Å². The summed E-state index contributed by atoms with van der Waals surface area (Å²) < 4.78 is 5.46. The average Bonchev–Trinajstić information content (AvgIpc) is 2.51. The van der Waals surface area contributed by atoms with Gasteiger partial charge in [-0.3, -0.25) is 0 Å². The molecule has 0 amide bonds. The Morgan fingerprint density at radius 1 is 1.19 bits per heavy atom. The van der Waals surface area contributed by atoms with Crippen molar-refractivity contribution in [1.82, 2.24) is 14.9 Å². The van der Waals surface area contributed by atoms with Gasteiger partial charge in [-0.05, 0) is 20.4 Å². The number of nitrogens with zero attached hydrogens (tertiary/aromatic N) is 4. The first-order chi connectivity index (χ1) is 10.2. The molecule has 6 heteroatoms. The van der Waals surface area contributed by atoms with E-state index >= 15 is 0 Å². The molecule has 0 unspecified atom stereocenters. The van der Waals surface area contributed by atoms with Gasteiger partial charge in [0.1, 0.15) is 18.2 Å². The van der Waals surface area contributed by atoms with Gasteiger partial charge in [0, 0.05) is 45.4 Å². The lowest BCUT2D eigenvalue weighted by Gasteiger charge is -2.33. The standard InChI is InChI=1S/C15H27N5O/c1-4-6-16-13-11-15(18-14(17-13)12-21-5-2)20-9-7-19(3)8-10-20/h11H,4-10,12H2,1-3H3,(H,16,17,18). The predicted molar refractivity (Wildman–Crippen MR) is 85.9 cm³/mol. The summed E-state index contributed by atoms with van der Waals surface area (Å²) >= 11 is 0. The second-order valence-corrected chi connectivity index (χ2v) is 5.38. The maximum absolute atomic E-state index is 5.46. The average molecular weight is 293 g/mol. The highest BCUT2D eigenvalue weighted by Crippen LogP contribution is 2.18. The number of likely N-dealkylation sites (N-methyl/N-ethyl adjacent to an activating group) is 1. The molecular weight excluding hydrogens is 266 g/mol. The Balaban J connectivity index is 2.13. The molecule has 1 fully saturated rings. The number of nitrogens with one attached hydrogen (secondary N) is 1. The van der Waals surface area contributed by atoms with Crippen molar-refractivity contribution in [1.29, 1.82) is 0 Å². The SMILES string of the molecule is CCCNc1cc(N2CCN(C)CC2)nc(COCC)n1. The summed E-state index contributed by atoms with van der Waals surface area (Å²) in [4.78, 5) is 13.9. The molecule has 6 nitrogen and oxygen atoms in total. The third kappa shape index (κ3) is 4.82. The van der Waals surface area contributed by atoms with Gasteiger partial charge in [-0.15, -0.1) is 0 Å². The topological polar surface area (TPSA) is 53.5 Å². The zero-order chi connectivity index (χ0) is 15.1. The molecular formula is C15H27N5O. The molecule has 1 aromatic rings. The molecule has 118 valence electrons. The summed E-state index contributed by atoms with van der Waals surface area (Å²) in [5.41, 5.74) is 0. The third-order valence-corrected chi connectivity index (χ3v) is 3.58. The van der Waals surface area contributed by atoms with Gasteiger partial charge in [0.15, 0.2) is 5.82 Å². The highest BCUT2D eigenvalue weighted by Gasteiger charge is 2.17. The Hall–Kier alpha value is -1.40. The summed E-state index contributed by atoms with van der Waals surface area (Å²) in [5, 5.41) is 3.36. The highest BCUT2D eigenvalue weighted by molar-refractivity contribution is 5.49. The second-order valence-electron chi connectivity index (χ2n) is 5.38. The van der Waals surface area contributed by atoms with Gasteiger partial charge in [0.25, 0.3) is 0 Å². The molecule has 0 aliphatic carbocycles. The number of rotatable bonds is 7. The quantitative estimate of drug-likeness (QED) is 0.824. The second kappa shape index (κ2) is 8.14. The van der Waals surface area contributed by atoms with Crippen molar-refractivity contribution >= 4 is 11.6 Å². The molecule has 0 aromatic carbocycles.